The quantitative estimate of drug-likeness (QED) is 0.819. The smallest absolute Gasteiger partial charge is 0.272 e. The highest BCUT2D eigenvalue weighted by Crippen LogP contribution is 2.22. The summed E-state index contributed by atoms with van der Waals surface area (Å²) in [7, 11) is 5.87. The van der Waals surface area contributed by atoms with E-state index in [0.717, 1.165) is 12.2 Å². The van der Waals surface area contributed by atoms with Crippen LogP contribution in [0.4, 0.5) is 0 Å². The van der Waals surface area contributed by atoms with Crippen molar-refractivity contribution in [3.63, 3.8) is 0 Å². The number of likely N-dealkylation sites (N-methyl/N-ethyl adjacent to an activating group) is 1. The average molecular weight is 288 g/mol. The highest BCUT2D eigenvalue weighted by atomic mass is 16.2. The number of carbonyl (C=O) groups is 1. The second-order valence-corrected chi connectivity index (χ2v) is 5.73. The lowest BCUT2D eigenvalue weighted by atomic mass is 10.1. The minimum atomic E-state index is 0.0196. The zero-order valence-corrected chi connectivity index (χ0v) is 12.6. The van der Waals surface area contributed by atoms with Crippen LogP contribution in [0.1, 0.15) is 22.2 Å². The summed E-state index contributed by atoms with van der Waals surface area (Å²) in [5.74, 6) is 0.0196. The minimum Gasteiger partial charge on any atom is -0.329 e. The van der Waals surface area contributed by atoms with Crippen LogP contribution in [0.15, 0.2) is 24.8 Å². The molecule has 1 aliphatic heterocycles. The van der Waals surface area contributed by atoms with E-state index >= 15 is 0 Å². The first-order valence-electron chi connectivity index (χ1n) is 6.99. The largest absolute Gasteiger partial charge is 0.329 e. The molecule has 112 valence electrons. The fourth-order valence-electron chi connectivity index (χ4n) is 2.85. The second kappa shape index (κ2) is 5.33. The van der Waals surface area contributed by atoms with Gasteiger partial charge < -0.3 is 14.4 Å². The Kier molecular flexibility index (Phi) is 3.50. The van der Waals surface area contributed by atoms with Gasteiger partial charge in [0.25, 0.3) is 5.91 Å². The van der Waals surface area contributed by atoms with E-state index in [1.54, 1.807) is 24.0 Å². The maximum Gasteiger partial charge on any atom is 0.272 e. The van der Waals surface area contributed by atoms with Crippen LogP contribution in [-0.2, 0) is 13.6 Å². The molecule has 1 amide bonds. The summed E-state index contributed by atoms with van der Waals surface area (Å²) in [6.45, 7) is 2.15. The molecule has 1 unspecified atom stereocenters. The summed E-state index contributed by atoms with van der Waals surface area (Å²) in [6, 6.07) is 1.98. The molecule has 0 fully saturated rings. The summed E-state index contributed by atoms with van der Waals surface area (Å²) in [4.78, 5) is 20.9. The Balaban J connectivity index is 1.86. The molecule has 7 heteroatoms. The van der Waals surface area contributed by atoms with Gasteiger partial charge >= 0.3 is 0 Å². The van der Waals surface area contributed by atoms with Crippen LogP contribution in [0.25, 0.3) is 0 Å². The molecule has 2 aromatic rings. The molecule has 0 aliphatic carbocycles. The number of aromatic nitrogens is 4. The van der Waals surface area contributed by atoms with E-state index in [9.17, 15) is 4.79 Å². The Bertz CT molecular complexity index is 643. The van der Waals surface area contributed by atoms with Gasteiger partial charge in [-0.2, -0.15) is 5.10 Å². The molecule has 0 saturated heterocycles. The Morgan fingerprint density at radius 2 is 2.29 bits per heavy atom. The van der Waals surface area contributed by atoms with Gasteiger partial charge in [0.15, 0.2) is 0 Å². The molecule has 0 aromatic carbocycles. The van der Waals surface area contributed by atoms with Crippen molar-refractivity contribution in [3.05, 3.63) is 36.2 Å². The number of rotatable bonds is 3. The van der Waals surface area contributed by atoms with Gasteiger partial charge in [0.05, 0.1) is 24.6 Å². The first kappa shape index (κ1) is 13.8. The molecule has 2 aromatic heterocycles. The maximum absolute atomic E-state index is 12.7. The van der Waals surface area contributed by atoms with Crippen molar-refractivity contribution >= 4 is 5.91 Å². The number of imidazole rings is 1. The molecule has 3 heterocycles. The van der Waals surface area contributed by atoms with Crippen LogP contribution in [0, 0.1) is 0 Å². The third-order valence-corrected chi connectivity index (χ3v) is 3.83. The van der Waals surface area contributed by atoms with E-state index in [-0.39, 0.29) is 11.9 Å². The third kappa shape index (κ3) is 2.56. The Morgan fingerprint density at radius 3 is 2.95 bits per heavy atom. The summed E-state index contributed by atoms with van der Waals surface area (Å²) >= 11 is 0. The summed E-state index contributed by atoms with van der Waals surface area (Å²) in [6.07, 6.45) is 5.35. The van der Waals surface area contributed by atoms with Crippen LogP contribution in [-0.4, -0.2) is 62.2 Å². The van der Waals surface area contributed by atoms with Crippen molar-refractivity contribution in [2.24, 2.45) is 7.05 Å². The van der Waals surface area contributed by atoms with E-state index < -0.39 is 0 Å². The molecular formula is C14H20N6O. The summed E-state index contributed by atoms with van der Waals surface area (Å²) in [5, 5.41) is 4.08. The van der Waals surface area contributed by atoms with E-state index in [2.05, 4.69) is 19.5 Å². The number of nitrogens with zero attached hydrogens (tertiary/aromatic N) is 6. The summed E-state index contributed by atoms with van der Waals surface area (Å²) in [5.41, 5.74) is 1.69. The molecule has 0 N–H and O–H groups in total. The average Bonchev–Trinajstić information content (AvgIpc) is 3.05. The maximum atomic E-state index is 12.7. The van der Waals surface area contributed by atoms with Crippen molar-refractivity contribution in [1.29, 1.82) is 0 Å². The van der Waals surface area contributed by atoms with Crippen molar-refractivity contribution in [1.82, 2.24) is 29.1 Å². The first-order valence-corrected chi connectivity index (χ1v) is 6.99. The Morgan fingerprint density at radius 1 is 1.48 bits per heavy atom. The number of hydrogen-bond acceptors (Lipinski definition) is 4. The van der Waals surface area contributed by atoms with Crippen LogP contribution in [0.2, 0.25) is 0 Å². The van der Waals surface area contributed by atoms with Crippen molar-refractivity contribution in [2.45, 2.75) is 12.6 Å². The molecule has 1 atom stereocenters. The third-order valence-electron chi connectivity index (χ3n) is 3.83. The monoisotopic (exact) mass is 288 g/mol. The second-order valence-electron chi connectivity index (χ2n) is 5.73. The van der Waals surface area contributed by atoms with Crippen LogP contribution in [0.5, 0.6) is 0 Å². The number of fused-ring (bicyclic) bond motifs is 1. The lowest BCUT2D eigenvalue weighted by Gasteiger charge is -2.35. The van der Waals surface area contributed by atoms with Gasteiger partial charge in [-0.3, -0.25) is 9.48 Å². The van der Waals surface area contributed by atoms with E-state index in [4.69, 9.17) is 0 Å². The Hall–Kier alpha value is -2.15. The zero-order chi connectivity index (χ0) is 15.0. The molecule has 0 radical (unpaired) electrons. The number of aryl methyl sites for hydroxylation is 1. The fraction of sp³-hybridized carbons (Fsp3) is 0.500. The van der Waals surface area contributed by atoms with Crippen LogP contribution in [0.3, 0.4) is 0 Å². The lowest BCUT2D eigenvalue weighted by molar-refractivity contribution is 0.0652. The number of carbonyl (C=O) groups excluding carboxylic acids is 1. The van der Waals surface area contributed by atoms with E-state index in [1.807, 2.05) is 31.5 Å². The SMILES string of the molecule is CN(C)CC1CN(C(=O)c2ccnn2C)Cc2cncn21. The minimum absolute atomic E-state index is 0.0196. The normalized spacial score (nSPS) is 18.1. The van der Waals surface area contributed by atoms with Gasteiger partial charge in [-0.25, -0.2) is 4.98 Å². The van der Waals surface area contributed by atoms with E-state index in [1.165, 1.54) is 0 Å². The van der Waals surface area contributed by atoms with Gasteiger partial charge in [-0.1, -0.05) is 0 Å². The predicted molar refractivity (Wildman–Crippen MR) is 77.8 cm³/mol. The molecule has 0 spiro atoms. The molecule has 21 heavy (non-hydrogen) atoms. The van der Waals surface area contributed by atoms with Crippen LogP contribution < -0.4 is 0 Å². The topological polar surface area (TPSA) is 59.2 Å². The lowest BCUT2D eigenvalue weighted by Crippen LogP contribution is -2.44. The van der Waals surface area contributed by atoms with Crippen molar-refractivity contribution in [3.8, 4) is 0 Å². The van der Waals surface area contributed by atoms with E-state index in [0.29, 0.717) is 18.8 Å². The first-order chi connectivity index (χ1) is 10.1. The standard InChI is InChI=1S/C14H20N6O/c1-17(2)7-12-9-19(8-11-6-15-10-20(11)12)14(21)13-4-5-16-18(13)3/h4-6,10,12H,7-9H2,1-3H3. The highest BCUT2D eigenvalue weighted by Gasteiger charge is 2.29. The van der Waals surface area contributed by atoms with Gasteiger partial charge in [-0.15, -0.1) is 0 Å². The molecule has 3 rings (SSSR count). The molecular weight excluding hydrogens is 268 g/mol. The molecule has 0 saturated carbocycles. The number of amides is 1. The van der Waals surface area contributed by atoms with Gasteiger partial charge in [-0.05, 0) is 20.2 Å². The van der Waals surface area contributed by atoms with Crippen LogP contribution >= 0.6 is 0 Å². The van der Waals surface area contributed by atoms with Gasteiger partial charge in [0.1, 0.15) is 5.69 Å². The van der Waals surface area contributed by atoms with Gasteiger partial charge in [0.2, 0.25) is 0 Å². The van der Waals surface area contributed by atoms with Gasteiger partial charge in [0, 0.05) is 32.5 Å². The van der Waals surface area contributed by atoms with Crippen molar-refractivity contribution < 1.29 is 4.79 Å². The molecule has 0 bridgehead atoms. The summed E-state index contributed by atoms with van der Waals surface area (Å²) < 4.78 is 3.79. The molecule has 1 aliphatic rings. The molecule has 7 nitrogen and oxygen atoms in total. The Labute approximate surface area is 123 Å². The zero-order valence-electron chi connectivity index (χ0n) is 12.6. The predicted octanol–water partition coefficient (Wildman–Crippen LogP) is 0.375. The highest BCUT2D eigenvalue weighted by molar-refractivity contribution is 5.92. The number of hydrogen-bond donors (Lipinski definition) is 0. The fourth-order valence-corrected chi connectivity index (χ4v) is 2.85. The van der Waals surface area contributed by atoms with Crippen molar-refractivity contribution in [2.75, 3.05) is 27.2 Å².